The van der Waals surface area contributed by atoms with E-state index in [1.54, 1.807) is 12.1 Å². The number of halogens is 2. The summed E-state index contributed by atoms with van der Waals surface area (Å²) in [4.78, 5) is 51.8. The lowest BCUT2D eigenvalue weighted by Gasteiger charge is -2.33. The van der Waals surface area contributed by atoms with Crippen molar-refractivity contribution >= 4 is 44.4 Å². The molecular formula is C20H14BrFN6O5. The first-order chi connectivity index (χ1) is 15.9. The molecule has 168 valence electrons. The predicted molar refractivity (Wildman–Crippen MR) is 113 cm³/mol. The summed E-state index contributed by atoms with van der Waals surface area (Å²) < 4.78 is 25.0. The third kappa shape index (κ3) is 3.69. The van der Waals surface area contributed by atoms with Crippen LogP contribution in [0.25, 0.3) is 22.4 Å². The highest BCUT2D eigenvalue weighted by atomic mass is 79.9. The highest BCUT2D eigenvalue weighted by molar-refractivity contribution is 9.10. The molecule has 4 aromatic heterocycles. The zero-order valence-electron chi connectivity index (χ0n) is 16.7. The summed E-state index contributed by atoms with van der Waals surface area (Å²) in [5, 5.41) is 3.60. The minimum atomic E-state index is -0.875. The summed E-state index contributed by atoms with van der Waals surface area (Å²) in [6.45, 7) is 0.756. The summed E-state index contributed by atoms with van der Waals surface area (Å²) >= 11 is 3.15. The quantitative estimate of drug-likeness (QED) is 0.322. The van der Waals surface area contributed by atoms with Gasteiger partial charge in [-0.1, -0.05) is 5.16 Å². The van der Waals surface area contributed by atoms with Crippen molar-refractivity contribution in [3.8, 4) is 11.5 Å². The van der Waals surface area contributed by atoms with Gasteiger partial charge in [0.2, 0.25) is 12.2 Å². The van der Waals surface area contributed by atoms with Crippen LogP contribution in [0.2, 0.25) is 0 Å². The summed E-state index contributed by atoms with van der Waals surface area (Å²) in [6, 6.07) is 3.17. The van der Waals surface area contributed by atoms with Crippen molar-refractivity contribution in [1.29, 1.82) is 0 Å². The molecule has 1 saturated heterocycles. The number of hydrogen-bond donors (Lipinski definition) is 1. The molecule has 0 aromatic carbocycles. The first kappa shape index (κ1) is 21.0. The van der Waals surface area contributed by atoms with E-state index in [0.717, 1.165) is 12.6 Å². The van der Waals surface area contributed by atoms with Crippen molar-refractivity contribution in [2.75, 3.05) is 26.2 Å². The Bertz CT molecular complexity index is 1370. The van der Waals surface area contributed by atoms with Gasteiger partial charge in [0.05, 0.1) is 22.7 Å². The molecule has 13 heteroatoms. The van der Waals surface area contributed by atoms with Crippen molar-refractivity contribution in [2.24, 2.45) is 0 Å². The largest absolute Gasteiger partial charge is 0.444 e. The predicted octanol–water partition coefficient (Wildman–Crippen LogP) is 2.27. The van der Waals surface area contributed by atoms with Gasteiger partial charge in [0.15, 0.2) is 16.2 Å². The molecule has 2 amide bonds. The number of aromatic amines is 1. The topological polar surface area (TPSA) is 138 Å². The number of carbonyl (C=O) groups is 3. The second-order valence-electron chi connectivity index (χ2n) is 7.18. The maximum atomic E-state index is 14.6. The van der Waals surface area contributed by atoms with Gasteiger partial charge in [-0.05, 0) is 28.1 Å². The van der Waals surface area contributed by atoms with Crippen molar-refractivity contribution < 1.29 is 27.7 Å². The van der Waals surface area contributed by atoms with Gasteiger partial charge in [-0.2, -0.15) is 4.98 Å². The van der Waals surface area contributed by atoms with Gasteiger partial charge >= 0.3 is 0 Å². The number of rotatable bonds is 4. The third-order valence-corrected chi connectivity index (χ3v) is 5.74. The zero-order valence-corrected chi connectivity index (χ0v) is 18.3. The molecule has 0 bridgehead atoms. The van der Waals surface area contributed by atoms with E-state index in [9.17, 15) is 18.8 Å². The van der Waals surface area contributed by atoms with Crippen LogP contribution in [-0.2, 0) is 4.79 Å². The molecule has 5 rings (SSSR count). The molecule has 0 aliphatic carbocycles. The van der Waals surface area contributed by atoms with Gasteiger partial charge < -0.3 is 23.7 Å². The fourth-order valence-corrected chi connectivity index (χ4v) is 4.00. The average Bonchev–Trinajstić information content (AvgIpc) is 3.59. The van der Waals surface area contributed by atoms with E-state index in [0.29, 0.717) is 4.67 Å². The normalized spacial score (nSPS) is 14.1. The van der Waals surface area contributed by atoms with Crippen LogP contribution in [0.4, 0.5) is 4.39 Å². The van der Waals surface area contributed by atoms with Crippen LogP contribution in [0.3, 0.4) is 0 Å². The molecule has 0 saturated carbocycles. The van der Waals surface area contributed by atoms with Gasteiger partial charge in [-0.25, -0.2) is 9.37 Å². The fraction of sp³-hybridized carbons (Fsp3) is 0.200. The molecule has 0 radical (unpaired) electrons. The smallest absolute Gasteiger partial charge is 0.295 e. The number of H-pyrrole nitrogens is 1. The van der Waals surface area contributed by atoms with Gasteiger partial charge in [-0.3, -0.25) is 14.4 Å². The number of amides is 2. The minimum absolute atomic E-state index is 0.0830. The Morgan fingerprint density at radius 2 is 1.85 bits per heavy atom. The van der Waals surface area contributed by atoms with Crippen LogP contribution in [0.5, 0.6) is 0 Å². The highest BCUT2D eigenvalue weighted by Gasteiger charge is 2.32. The van der Waals surface area contributed by atoms with Gasteiger partial charge in [0.25, 0.3) is 17.6 Å². The lowest BCUT2D eigenvalue weighted by atomic mass is 10.1. The molecule has 5 heterocycles. The Balaban J connectivity index is 1.34. The lowest BCUT2D eigenvalue weighted by Crippen LogP contribution is -2.52. The van der Waals surface area contributed by atoms with Crippen LogP contribution in [0, 0.1) is 5.82 Å². The number of carbonyl (C=O) groups excluding carboxylic acids is 3. The van der Waals surface area contributed by atoms with Crippen LogP contribution < -0.4 is 0 Å². The zero-order chi connectivity index (χ0) is 23.1. The van der Waals surface area contributed by atoms with Crippen LogP contribution in [0.1, 0.15) is 20.9 Å². The number of Topliss-reactive ketones (excluding diaryl/α,β-unsaturated/α-hetero) is 1. The number of hydrogen-bond acceptors (Lipinski definition) is 8. The van der Waals surface area contributed by atoms with E-state index in [2.05, 4.69) is 36.0 Å². The molecule has 33 heavy (non-hydrogen) atoms. The third-order valence-electron chi connectivity index (χ3n) is 5.31. The SMILES string of the molecule is O=C(C(=O)N1CCN(C(=O)c2ccc(Br)o2)CC1)c1c[nH]c2c(-c3ncon3)ncc(F)c12. The van der Waals surface area contributed by atoms with Crippen molar-refractivity contribution in [2.45, 2.75) is 0 Å². The molecule has 1 aliphatic heterocycles. The van der Waals surface area contributed by atoms with E-state index in [1.807, 2.05) is 0 Å². The fourth-order valence-electron chi connectivity index (χ4n) is 3.69. The Morgan fingerprint density at radius 1 is 1.09 bits per heavy atom. The standard InChI is InChI=1S/C20H14BrFN6O5/c21-13-2-1-12(33-13)19(30)27-3-5-28(6-4-27)20(31)17(29)10-7-23-15-14(10)11(22)8-24-16(15)18-25-9-32-26-18/h1-2,7-9,23H,3-6H2. The first-order valence-corrected chi connectivity index (χ1v) is 10.5. The molecule has 4 aromatic rings. The Labute approximate surface area is 192 Å². The second-order valence-corrected chi connectivity index (χ2v) is 7.96. The number of aromatic nitrogens is 4. The average molecular weight is 517 g/mol. The second kappa shape index (κ2) is 8.24. The Morgan fingerprint density at radius 3 is 2.52 bits per heavy atom. The number of nitrogens with one attached hydrogen (secondary N) is 1. The summed E-state index contributed by atoms with van der Waals surface area (Å²) in [6.07, 6.45) is 3.29. The highest BCUT2D eigenvalue weighted by Crippen LogP contribution is 2.29. The van der Waals surface area contributed by atoms with Gasteiger partial charge in [0.1, 0.15) is 5.69 Å². The number of piperazine rings is 1. The van der Waals surface area contributed by atoms with Crippen molar-refractivity contribution in [3.05, 3.63) is 52.7 Å². The molecular weight excluding hydrogens is 503 g/mol. The van der Waals surface area contributed by atoms with Crippen molar-refractivity contribution in [3.63, 3.8) is 0 Å². The van der Waals surface area contributed by atoms with E-state index in [1.165, 1.54) is 16.0 Å². The molecule has 11 nitrogen and oxygen atoms in total. The van der Waals surface area contributed by atoms with E-state index >= 15 is 0 Å². The minimum Gasteiger partial charge on any atom is -0.444 e. The molecule has 1 N–H and O–H groups in total. The molecule has 1 aliphatic rings. The molecule has 0 unspecified atom stereocenters. The lowest BCUT2D eigenvalue weighted by molar-refractivity contribution is -0.127. The molecule has 0 spiro atoms. The number of ketones is 1. The summed E-state index contributed by atoms with van der Waals surface area (Å²) in [5.74, 6) is -2.45. The first-order valence-electron chi connectivity index (χ1n) is 9.74. The molecule has 1 fully saturated rings. The summed E-state index contributed by atoms with van der Waals surface area (Å²) in [7, 11) is 0. The maximum Gasteiger partial charge on any atom is 0.295 e. The number of furan rings is 1. The summed E-state index contributed by atoms with van der Waals surface area (Å²) in [5.41, 5.74) is 0.231. The van der Waals surface area contributed by atoms with E-state index in [4.69, 9.17) is 8.94 Å². The Hall–Kier alpha value is -3.87. The molecule has 0 atom stereocenters. The van der Waals surface area contributed by atoms with Crippen molar-refractivity contribution in [1.82, 2.24) is 29.9 Å². The van der Waals surface area contributed by atoms with Gasteiger partial charge in [0, 0.05) is 32.4 Å². The number of pyridine rings is 1. The number of nitrogens with zero attached hydrogens (tertiary/aromatic N) is 5. The Kier molecular flexibility index (Phi) is 5.24. The number of fused-ring (bicyclic) bond motifs is 1. The van der Waals surface area contributed by atoms with E-state index < -0.39 is 17.5 Å². The van der Waals surface area contributed by atoms with E-state index in [-0.39, 0.29) is 65.8 Å². The van der Waals surface area contributed by atoms with Crippen LogP contribution in [-0.4, -0.2) is 73.7 Å². The van der Waals surface area contributed by atoms with Crippen LogP contribution >= 0.6 is 15.9 Å². The monoisotopic (exact) mass is 516 g/mol. The maximum absolute atomic E-state index is 14.6. The van der Waals surface area contributed by atoms with Crippen LogP contribution in [0.15, 0.2) is 44.5 Å². The van der Waals surface area contributed by atoms with Gasteiger partial charge in [-0.15, -0.1) is 0 Å².